The lowest BCUT2D eigenvalue weighted by molar-refractivity contribution is -0.137. The molecule has 1 amide bonds. The quantitative estimate of drug-likeness (QED) is 0.812. The van der Waals surface area contributed by atoms with Gasteiger partial charge < -0.3 is 15.0 Å². The third kappa shape index (κ3) is 4.33. The number of nitrogens with zero attached hydrogens (tertiary/aromatic N) is 3. The maximum absolute atomic E-state index is 13.3. The molecule has 1 fully saturated rings. The van der Waals surface area contributed by atoms with Gasteiger partial charge in [0, 0.05) is 44.8 Å². The van der Waals surface area contributed by atoms with Gasteiger partial charge in [-0.1, -0.05) is 12.1 Å². The van der Waals surface area contributed by atoms with Crippen molar-refractivity contribution in [1.82, 2.24) is 20.0 Å². The van der Waals surface area contributed by atoms with Gasteiger partial charge in [-0.3, -0.25) is 9.48 Å². The number of likely N-dealkylation sites (N-methyl/N-ethyl adjacent to an activating group) is 1. The van der Waals surface area contributed by atoms with Gasteiger partial charge >= 0.3 is 0 Å². The lowest BCUT2D eigenvalue weighted by atomic mass is 9.89. The van der Waals surface area contributed by atoms with Crippen LogP contribution >= 0.6 is 0 Å². The van der Waals surface area contributed by atoms with E-state index in [2.05, 4.69) is 36.4 Å². The molecule has 1 aliphatic rings. The molecular formula is C21H30N4O2. The van der Waals surface area contributed by atoms with E-state index in [1.54, 1.807) is 11.8 Å². The Morgan fingerprint density at radius 1 is 1.37 bits per heavy atom. The van der Waals surface area contributed by atoms with E-state index in [-0.39, 0.29) is 23.8 Å². The number of carbonyl (C=O) groups is 1. The SMILES string of the molecule is CCN(C(=O)[C@H]1CNC[C@@H]1c1cnn(C)c1)C(C)Cc1ccc(OC)cc1. The molecule has 2 aromatic rings. The number of aryl methyl sites for hydroxylation is 1. The van der Waals surface area contributed by atoms with Crippen LogP contribution in [0.5, 0.6) is 5.75 Å². The van der Waals surface area contributed by atoms with Crippen LogP contribution in [0.3, 0.4) is 0 Å². The summed E-state index contributed by atoms with van der Waals surface area (Å²) in [5.74, 6) is 1.24. The van der Waals surface area contributed by atoms with Crippen LogP contribution in [0.4, 0.5) is 0 Å². The third-order valence-electron chi connectivity index (χ3n) is 5.53. The number of amides is 1. The van der Waals surface area contributed by atoms with Crippen molar-refractivity contribution in [2.24, 2.45) is 13.0 Å². The average Bonchev–Trinajstić information content (AvgIpc) is 3.31. The fraction of sp³-hybridized carbons (Fsp3) is 0.524. The number of hydrogen-bond donors (Lipinski definition) is 1. The van der Waals surface area contributed by atoms with Gasteiger partial charge in [0.25, 0.3) is 0 Å². The highest BCUT2D eigenvalue weighted by Crippen LogP contribution is 2.30. The monoisotopic (exact) mass is 370 g/mol. The van der Waals surface area contributed by atoms with E-state index in [9.17, 15) is 4.79 Å². The molecule has 1 aromatic heterocycles. The molecule has 0 bridgehead atoms. The predicted molar refractivity (Wildman–Crippen MR) is 106 cm³/mol. The van der Waals surface area contributed by atoms with Crippen LogP contribution < -0.4 is 10.1 Å². The zero-order chi connectivity index (χ0) is 19.4. The lowest BCUT2D eigenvalue weighted by Crippen LogP contribution is -2.44. The van der Waals surface area contributed by atoms with Crippen LogP contribution in [0.2, 0.25) is 0 Å². The largest absolute Gasteiger partial charge is 0.497 e. The molecule has 3 rings (SSSR count). The first kappa shape index (κ1) is 19.4. The Labute approximate surface area is 161 Å². The first-order valence-corrected chi connectivity index (χ1v) is 9.66. The first-order chi connectivity index (χ1) is 13.0. The van der Waals surface area contributed by atoms with E-state index in [1.807, 2.05) is 36.5 Å². The summed E-state index contributed by atoms with van der Waals surface area (Å²) >= 11 is 0. The fourth-order valence-electron chi connectivity index (χ4n) is 4.03. The maximum Gasteiger partial charge on any atom is 0.227 e. The second-order valence-electron chi connectivity index (χ2n) is 7.34. The van der Waals surface area contributed by atoms with Crippen molar-refractivity contribution in [1.29, 1.82) is 0 Å². The fourth-order valence-corrected chi connectivity index (χ4v) is 4.03. The van der Waals surface area contributed by atoms with E-state index in [1.165, 1.54) is 5.56 Å². The van der Waals surface area contributed by atoms with Gasteiger partial charge in [0.15, 0.2) is 0 Å². The summed E-state index contributed by atoms with van der Waals surface area (Å²) in [6.45, 7) is 6.46. The molecule has 27 heavy (non-hydrogen) atoms. The van der Waals surface area contributed by atoms with Gasteiger partial charge in [-0.05, 0) is 43.5 Å². The van der Waals surface area contributed by atoms with Crippen molar-refractivity contribution in [3.05, 3.63) is 47.8 Å². The van der Waals surface area contributed by atoms with Crippen molar-refractivity contribution in [2.45, 2.75) is 32.2 Å². The first-order valence-electron chi connectivity index (χ1n) is 9.66. The number of nitrogens with one attached hydrogen (secondary N) is 1. The number of rotatable bonds is 7. The number of methoxy groups -OCH3 is 1. The molecule has 0 saturated carbocycles. The smallest absolute Gasteiger partial charge is 0.227 e. The summed E-state index contributed by atoms with van der Waals surface area (Å²) in [5, 5.41) is 7.67. The van der Waals surface area contributed by atoms with Crippen molar-refractivity contribution in [3.8, 4) is 5.75 Å². The molecule has 0 spiro atoms. The molecule has 6 nitrogen and oxygen atoms in total. The number of benzene rings is 1. The molecule has 146 valence electrons. The number of aromatic nitrogens is 2. The van der Waals surface area contributed by atoms with Gasteiger partial charge in [-0.15, -0.1) is 0 Å². The van der Waals surface area contributed by atoms with Crippen molar-refractivity contribution >= 4 is 5.91 Å². The van der Waals surface area contributed by atoms with Crippen molar-refractivity contribution in [3.63, 3.8) is 0 Å². The molecule has 3 atom stereocenters. The maximum atomic E-state index is 13.3. The zero-order valence-corrected chi connectivity index (χ0v) is 16.7. The predicted octanol–water partition coefficient (Wildman–Crippen LogP) is 2.21. The molecule has 1 unspecified atom stereocenters. The van der Waals surface area contributed by atoms with Crippen LogP contribution in [-0.2, 0) is 18.3 Å². The summed E-state index contributed by atoms with van der Waals surface area (Å²) < 4.78 is 7.03. The minimum Gasteiger partial charge on any atom is -0.497 e. The Bertz CT molecular complexity index is 756. The van der Waals surface area contributed by atoms with Gasteiger partial charge in [0.1, 0.15) is 5.75 Å². The molecule has 1 N–H and O–H groups in total. The number of carbonyl (C=O) groups excluding carboxylic acids is 1. The normalized spacial score (nSPS) is 20.4. The van der Waals surface area contributed by atoms with E-state index < -0.39 is 0 Å². The van der Waals surface area contributed by atoms with E-state index in [0.29, 0.717) is 6.54 Å². The molecule has 0 aliphatic carbocycles. The Morgan fingerprint density at radius 3 is 2.70 bits per heavy atom. The standard InChI is InChI=1S/C21H30N4O2/c1-5-25(15(2)10-16-6-8-18(27-4)9-7-16)21(26)20-13-22-12-19(20)17-11-23-24(3)14-17/h6-9,11,14-15,19-20,22H,5,10,12-13H2,1-4H3/t15?,19-,20+/m1/s1. The van der Waals surface area contributed by atoms with Gasteiger partial charge in [0.05, 0.1) is 19.2 Å². The van der Waals surface area contributed by atoms with E-state index >= 15 is 0 Å². The van der Waals surface area contributed by atoms with Crippen molar-refractivity contribution in [2.75, 3.05) is 26.7 Å². The minimum atomic E-state index is -0.0348. The van der Waals surface area contributed by atoms with Gasteiger partial charge in [0.2, 0.25) is 5.91 Å². The highest BCUT2D eigenvalue weighted by atomic mass is 16.5. The van der Waals surface area contributed by atoms with Crippen LogP contribution in [0.25, 0.3) is 0 Å². The highest BCUT2D eigenvalue weighted by molar-refractivity contribution is 5.81. The lowest BCUT2D eigenvalue weighted by Gasteiger charge is -2.32. The van der Waals surface area contributed by atoms with Crippen LogP contribution in [0, 0.1) is 5.92 Å². The summed E-state index contributed by atoms with van der Waals surface area (Å²) in [5.41, 5.74) is 2.35. The van der Waals surface area contributed by atoms with Crippen LogP contribution in [-0.4, -0.2) is 53.4 Å². The summed E-state index contributed by atoms with van der Waals surface area (Å²) in [4.78, 5) is 15.4. The molecular weight excluding hydrogens is 340 g/mol. The number of ether oxygens (including phenoxy) is 1. The zero-order valence-electron chi connectivity index (χ0n) is 16.7. The molecule has 1 saturated heterocycles. The van der Waals surface area contributed by atoms with Crippen molar-refractivity contribution < 1.29 is 9.53 Å². The molecule has 6 heteroatoms. The summed E-state index contributed by atoms with van der Waals surface area (Å²) in [6.07, 6.45) is 4.74. The number of hydrogen-bond acceptors (Lipinski definition) is 4. The highest BCUT2D eigenvalue weighted by Gasteiger charge is 2.37. The third-order valence-corrected chi connectivity index (χ3v) is 5.53. The summed E-state index contributed by atoms with van der Waals surface area (Å²) in [7, 11) is 3.58. The topological polar surface area (TPSA) is 59.4 Å². The average molecular weight is 370 g/mol. The summed E-state index contributed by atoms with van der Waals surface area (Å²) in [6, 6.07) is 8.23. The Morgan fingerprint density at radius 2 is 2.11 bits per heavy atom. The second-order valence-corrected chi connectivity index (χ2v) is 7.34. The van der Waals surface area contributed by atoms with E-state index in [0.717, 1.165) is 30.8 Å². The molecule has 2 heterocycles. The van der Waals surface area contributed by atoms with Gasteiger partial charge in [-0.25, -0.2) is 0 Å². The molecule has 1 aromatic carbocycles. The van der Waals surface area contributed by atoms with E-state index in [4.69, 9.17) is 4.74 Å². The van der Waals surface area contributed by atoms with Crippen LogP contribution in [0.15, 0.2) is 36.7 Å². The molecule has 1 aliphatic heterocycles. The Kier molecular flexibility index (Phi) is 6.16. The second kappa shape index (κ2) is 8.57. The molecule has 0 radical (unpaired) electrons. The Balaban J connectivity index is 1.70. The minimum absolute atomic E-state index is 0.0348. The Hall–Kier alpha value is -2.34. The van der Waals surface area contributed by atoms with Gasteiger partial charge in [-0.2, -0.15) is 5.10 Å². The van der Waals surface area contributed by atoms with Crippen LogP contribution in [0.1, 0.15) is 30.9 Å².